The lowest BCUT2D eigenvalue weighted by Gasteiger charge is -2.35. The molecule has 0 saturated carbocycles. The molecule has 3 aromatic rings. The number of fused-ring (bicyclic) bond motifs is 1. The van der Waals surface area contributed by atoms with Gasteiger partial charge in [-0.25, -0.2) is 22.7 Å². The highest BCUT2D eigenvalue weighted by molar-refractivity contribution is 7.89. The average Bonchev–Trinajstić information content (AvgIpc) is 3.23. The number of pyridine rings is 1. The van der Waals surface area contributed by atoms with Crippen LogP contribution in [0.25, 0.3) is 11.0 Å². The zero-order valence-corrected chi connectivity index (χ0v) is 21.0. The number of anilines is 1. The first-order valence-corrected chi connectivity index (χ1v) is 13.0. The average molecular weight is 496 g/mol. The number of nitriles is 1. The van der Waals surface area contributed by atoms with Crippen molar-refractivity contribution < 1.29 is 13.2 Å². The van der Waals surface area contributed by atoms with Gasteiger partial charge in [0.25, 0.3) is 0 Å². The molecule has 2 aromatic heterocycles. The molecule has 1 aromatic carbocycles. The number of nitrogens with zero attached hydrogens (tertiary/aromatic N) is 7. The minimum absolute atomic E-state index is 0.0526. The Bertz CT molecular complexity index is 1380. The topological polar surface area (TPSA) is 115 Å². The Morgan fingerprint density at radius 2 is 1.91 bits per heavy atom. The van der Waals surface area contributed by atoms with E-state index < -0.39 is 10.0 Å². The van der Waals surface area contributed by atoms with Gasteiger partial charge in [-0.15, -0.1) is 0 Å². The Balaban J connectivity index is 1.43. The van der Waals surface area contributed by atoms with Crippen LogP contribution in [-0.2, 0) is 27.8 Å². The predicted octanol–water partition coefficient (Wildman–Crippen LogP) is 1.85. The van der Waals surface area contributed by atoms with Crippen LogP contribution in [-0.4, -0.2) is 78.3 Å². The summed E-state index contributed by atoms with van der Waals surface area (Å²) in [6, 6.07) is 10.6. The van der Waals surface area contributed by atoms with Crippen LogP contribution in [0.5, 0.6) is 0 Å². The highest BCUT2D eigenvalue weighted by atomic mass is 32.2. The van der Waals surface area contributed by atoms with Gasteiger partial charge in [0, 0.05) is 65.9 Å². The van der Waals surface area contributed by atoms with E-state index in [9.17, 15) is 18.5 Å². The third-order valence-corrected chi connectivity index (χ3v) is 8.11. The summed E-state index contributed by atoms with van der Waals surface area (Å²) in [4.78, 5) is 26.0. The fourth-order valence-electron chi connectivity index (χ4n) is 4.36. The number of rotatable bonds is 7. The van der Waals surface area contributed by atoms with E-state index in [1.54, 1.807) is 36.5 Å². The maximum atomic E-state index is 12.9. The van der Waals surface area contributed by atoms with Crippen LogP contribution < -0.4 is 4.90 Å². The number of amides is 1. The number of imidazole rings is 1. The monoisotopic (exact) mass is 495 g/mol. The predicted molar refractivity (Wildman–Crippen MR) is 132 cm³/mol. The van der Waals surface area contributed by atoms with Gasteiger partial charge in [0.1, 0.15) is 17.7 Å². The van der Waals surface area contributed by atoms with E-state index in [4.69, 9.17) is 0 Å². The molecular formula is C24H29N7O3S. The fraction of sp³-hybridized carbons (Fsp3) is 0.417. The Hall–Kier alpha value is -3.49. The summed E-state index contributed by atoms with van der Waals surface area (Å²) in [7, 11) is -0.551. The Morgan fingerprint density at radius 3 is 2.57 bits per heavy atom. The number of piperazine rings is 1. The molecule has 0 N–H and O–H groups in total. The number of carbonyl (C=O) groups is 1. The number of sulfonamides is 1. The molecule has 1 aliphatic rings. The third kappa shape index (κ3) is 4.85. The SMILES string of the molecule is CCn1c(CCC(=O)N2CCN(c3ncccc3C#N)CC2)nc2cc(S(=O)(=O)N(C)C)ccc21. The van der Waals surface area contributed by atoms with Crippen molar-refractivity contribution in [1.29, 1.82) is 5.26 Å². The van der Waals surface area contributed by atoms with Crippen molar-refractivity contribution in [3.8, 4) is 6.07 Å². The Kier molecular flexibility index (Phi) is 7.05. The molecule has 1 amide bonds. The lowest BCUT2D eigenvalue weighted by atomic mass is 10.2. The minimum atomic E-state index is -3.55. The van der Waals surface area contributed by atoms with Crippen molar-refractivity contribution in [3.63, 3.8) is 0 Å². The molecule has 0 unspecified atom stereocenters. The summed E-state index contributed by atoms with van der Waals surface area (Å²) >= 11 is 0. The minimum Gasteiger partial charge on any atom is -0.352 e. The van der Waals surface area contributed by atoms with E-state index in [-0.39, 0.29) is 10.8 Å². The van der Waals surface area contributed by atoms with Crippen LogP contribution in [0.2, 0.25) is 0 Å². The van der Waals surface area contributed by atoms with E-state index in [2.05, 4.69) is 16.0 Å². The molecule has 4 rings (SSSR count). The molecule has 10 nitrogen and oxygen atoms in total. The van der Waals surface area contributed by atoms with Gasteiger partial charge in [0.2, 0.25) is 15.9 Å². The molecule has 35 heavy (non-hydrogen) atoms. The van der Waals surface area contributed by atoms with Gasteiger partial charge >= 0.3 is 0 Å². The van der Waals surface area contributed by atoms with E-state index in [0.717, 1.165) is 11.3 Å². The third-order valence-electron chi connectivity index (χ3n) is 6.30. The maximum Gasteiger partial charge on any atom is 0.242 e. The number of benzene rings is 1. The van der Waals surface area contributed by atoms with Crippen molar-refractivity contribution in [3.05, 3.63) is 47.9 Å². The molecule has 3 heterocycles. The highest BCUT2D eigenvalue weighted by Crippen LogP contribution is 2.23. The van der Waals surface area contributed by atoms with Crippen molar-refractivity contribution in [2.75, 3.05) is 45.2 Å². The first-order chi connectivity index (χ1) is 16.8. The molecule has 1 fully saturated rings. The second-order valence-electron chi connectivity index (χ2n) is 8.56. The molecular weight excluding hydrogens is 466 g/mol. The molecule has 0 bridgehead atoms. The number of aryl methyl sites for hydroxylation is 2. The van der Waals surface area contributed by atoms with E-state index in [0.29, 0.717) is 62.5 Å². The highest BCUT2D eigenvalue weighted by Gasteiger charge is 2.24. The van der Waals surface area contributed by atoms with Gasteiger partial charge in [-0.3, -0.25) is 4.79 Å². The number of hydrogen-bond donors (Lipinski definition) is 0. The van der Waals surface area contributed by atoms with Crippen LogP contribution in [0.15, 0.2) is 41.4 Å². The summed E-state index contributed by atoms with van der Waals surface area (Å²) in [5.41, 5.74) is 1.99. The molecule has 0 spiro atoms. The lowest BCUT2D eigenvalue weighted by molar-refractivity contribution is -0.131. The van der Waals surface area contributed by atoms with Gasteiger partial charge in [-0.2, -0.15) is 5.26 Å². The van der Waals surface area contributed by atoms with Gasteiger partial charge in [0.15, 0.2) is 0 Å². The lowest BCUT2D eigenvalue weighted by Crippen LogP contribution is -2.49. The number of aromatic nitrogens is 3. The second kappa shape index (κ2) is 10.0. The standard InChI is InChI=1S/C24H29N7O3S/c1-4-31-21-8-7-19(35(33,34)28(2)3)16-20(21)27-22(31)9-10-23(32)29-12-14-30(15-13-29)24-18(17-25)6-5-11-26-24/h5-8,11,16H,4,9-10,12-15H2,1-3H3. The molecule has 0 aliphatic carbocycles. The van der Waals surface area contributed by atoms with Gasteiger partial charge < -0.3 is 14.4 Å². The van der Waals surface area contributed by atoms with Gasteiger partial charge in [-0.1, -0.05) is 0 Å². The summed E-state index contributed by atoms with van der Waals surface area (Å²) in [6.45, 7) is 5.04. The van der Waals surface area contributed by atoms with E-state index in [1.807, 2.05) is 21.3 Å². The maximum absolute atomic E-state index is 12.9. The summed E-state index contributed by atoms with van der Waals surface area (Å²) in [5, 5.41) is 9.32. The van der Waals surface area contributed by atoms with Crippen molar-refractivity contribution in [2.24, 2.45) is 0 Å². The zero-order valence-electron chi connectivity index (χ0n) is 20.2. The second-order valence-corrected chi connectivity index (χ2v) is 10.7. The Morgan fingerprint density at radius 1 is 1.17 bits per heavy atom. The summed E-state index contributed by atoms with van der Waals surface area (Å²) in [6.07, 6.45) is 2.46. The van der Waals surface area contributed by atoms with Gasteiger partial charge in [0.05, 0.1) is 21.5 Å². The van der Waals surface area contributed by atoms with Crippen LogP contribution in [0.3, 0.4) is 0 Å². The van der Waals surface area contributed by atoms with Crippen molar-refractivity contribution >= 4 is 32.8 Å². The van der Waals surface area contributed by atoms with E-state index in [1.165, 1.54) is 18.4 Å². The zero-order chi connectivity index (χ0) is 25.2. The van der Waals surface area contributed by atoms with Crippen LogP contribution in [0, 0.1) is 11.3 Å². The summed E-state index contributed by atoms with van der Waals surface area (Å²) in [5.74, 6) is 1.48. The first kappa shape index (κ1) is 24.6. The first-order valence-electron chi connectivity index (χ1n) is 11.6. The summed E-state index contributed by atoms with van der Waals surface area (Å²) < 4.78 is 28.2. The quantitative estimate of drug-likeness (QED) is 0.491. The number of hydrogen-bond acceptors (Lipinski definition) is 7. The van der Waals surface area contributed by atoms with Gasteiger partial charge in [-0.05, 0) is 37.3 Å². The van der Waals surface area contributed by atoms with Crippen LogP contribution >= 0.6 is 0 Å². The molecule has 0 radical (unpaired) electrons. The molecule has 11 heteroatoms. The normalized spacial score (nSPS) is 14.5. The van der Waals surface area contributed by atoms with Crippen molar-refractivity contribution in [2.45, 2.75) is 31.2 Å². The van der Waals surface area contributed by atoms with Crippen LogP contribution in [0.1, 0.15) is 24.7 Å². The molecule has 184 valence electrons. The van der Waals surface area contributed by atoms with Crippen LogP contribution in [0.4, 0.5) is 5.82 Å². The molecule has 0 atom stereocenters. The molecule has 1 aliphatic heterocycles. The van der Waals surface area contributed by atoms with Crippen molar-refractivity contribution in [1.82, 2.24) is 23.7 Å². The number of carbonyl (C=O) groups excluding carboxylic acids is 1. The van der Waals surface area contributed by atoms with E-state index >= 15 is 0 Å². The molecule has 1 saturated heterocycles. The smallest absolute Gasteiger partial charge is 0.242 e. The Labute approximate surface area is 205 Å². The fourth-order valence-corrected chi connectivity index (χ4v) is 5.28. The largest absolute Gasteiger partial charge is 0.352 e.